The summed E-state index contributed by atoms with van der Waals surface area (Å²) >= 11 is 0. The maximum Gasteiger partial charge on any atom is 0.255 e. The second-order valence-electron chi connectivity index (χ2n) is 10.4. The largest absolute Gasteiger partial charge is 0.479 e. The molecule has 0 atom stereocenters. The second kappa shape index (κ2) is 8.98. The number of pyridine rings is 1. The van der Waals surface area contributed by atoms with Crippen molar-refractivity contribution in [2.45, 2.75) is 51.6 Å². The molecule has 0 bridgehead atoms. The van der Waals surface area contributed by atoms with Gasteiger partial charge < -0.3 is 20.1 Å². The number of methoxy groups -OCH3 is 1. The van der Waals surface area contributed by atoms with Crippen LogP contribution in [-0.2, 0) is 4.74 Å². The van der Waals surface area contributed by atoms with Crippen molar-refractivity contribution in [3.05, 3.63) is 42.1 Å². The summed E-state index contributed by atoms with van der Waals surface area (Å²) in [5, 5.41) is 15.1. The van der Waals surface area contributed by atoms with Crippen LogP contribution in [0.4, 0.5) is 10.3 Å². The Balaban J connectivity index is 1.34. The second-order valence-corrected chi connectivity index (χ2v) is 10.4. The van der Waals surface area contributed by atoms with Crippen LogP contribution in [0.3, 0.4) is 0 Å². The van der Waals surface area contributed by atoms with Gasteiger partial charge in [0.1, 0.15) is 5.52 Å². The minimum Gasteiger partial charge on any atom is -0.479 e. The molecule has 2 aliphatic rings. The summed E-state index contributed by atoms with van der Waals surface area (Å²) in [4.78, 5) is 17.2. The third-order valence-corrected chi connectivity index (χ3v) is 7.42. The van der Waals surface area contributed by atoms with Crippen LogP contribution < -0.4 is 15.4 Å². The highest BCUT2D eigenvalue weighted by Crippen LogP contribution is 2.43. The molecule has 4 aromatic rings. The summed E-state index contributed by atoms with van der Waals surface area (Å²) in [6.45, 7) is 5.50. The van der Waals surface area contributed by atoms with E-state index in [0.29, 0.717) is 39.1 Å². The van der Waals surface area contributed by atoms with Crippen LogP contribution in [0.1, 0.15) is 49.9 Å². The maximum atomic E-state index is 15.4. The predicted molar refractivity (Wildman–Crippen MR) is 135 cm³/mol. The minimum atomic E-state index is -0.466. The summed E-state index contributed by atoms with van der Waals surface area (Å²) in [5.41, 5.74) is 2.61. The lowest BCUT2D eigenvalue weighted by atomic mass is 9.71. The molecule has 2 fully saturated rings. The molecule has 1 aliphatic heterocycles. The fourth-order valence-corrected chi connectivity index (χ4v) is 5.39. The lowest BCUT2D eigenvalue weighted by Gasteiger charge is -2.46. The molecule has 1 saturated carbocycles. The van der Waals surface area contributed by atoms with Gasteiger partial charge in [-0.3, -0.25) is 4.79 Å². The van der Waals surface area contributed by atoms with Gasteiger partial charge in [0, 0.05) is 23.7 Å². The molecule has 0 aromatic carbocycles. The SMILES string of the molecule is COc1nc(NC2CCC3(CC2)COC3)nn2cc(F)c(-c3ccn4ncc(C(=O)NC(C)C)c4c3)c12. The summed E-state index contributed by atoms with van der Waals surface area (Å²) in [6, 6.07) is 3.71. The van der Waals surface area contributed by atoms with Gasteiger partial charge in [0.25, 0.3) is 5.91 Å². The number of hydrogen-bond acceptors (Lipinski definition) is 7. The van der Waals surface area contributed by atoms with Crippen molar-refractivity contribution >= 4 is 22.9 Å². The molecule has 11 heteroatoms. The van der Waals surface area contributed by atoms with Gasteiger partial charge in [-0.25, -0.2) is 13.4 Å². The smallest absolute Gasteiger partial charge is 0.255 e. The van der Waals surface area contributed by atoms with Crippen LogP contribution in [0.2, 0.25) is 0 Å². The first kappa shape index (κ1) is 23.7. The number of nitrogens with zero attached hydrogens (tertiary/aromatic N) is 5. The predicted octanol–water partition coefficient (Wildman–Crippen LogP) is 3.70. The zero-order chi connectivity index (χ0) is 25.7. The number of fused-ring (bicyclic) bond motifs is 2. The van der Waals surface area contributed by atoms with E-state index in [1.165, 1.54) is 24.0 Å². The molecule has 1 amide bonds. The first-order valence-electron chi connectivity index (χ1n) is 12.6. The third-order valence-electron chi connectivity index (χ3n) is 7.42. The van der Waals surface area contributed by atoms with Gasteiger partial charge in [0.15, 0.2) is 5.82 Å². The number of carbonyl (C=O) groups is 1. The zero-order valence-electron chi connectivity index (χ0n) is 21.1. The summed E-state index contributed by atoms with van der Waals surface area (Å²) in [7, 11) is 1.51. The Bertz CT molecular complexity index is 1480. The highest BCUT2D eigenvalue weighted by Gasteiger charge is 2.41. The fourth-order valence-electron chi connectivity index (χ4n) is 5.39. The number of amides is 1. The van der Waals surface area contributed by atoms with Crippen LogP contribution >= 0.6 is 0 Å². The van der Waals surface area contributed by atoms with Gasteiger partial charge in [0.2, 0.25) is 11.8 Å². The molecule has 194 valence electrons. The van der Waals surface area contributed by atoms with E-state index in [1.54, 1.807) is 22.8 Å². The molecule has 5 heterocycles. The first-order chi connectivity index (χ1) is 17.9. The van der Waals surface area contributed by atoms with E-state index in [1.807, 2.05) is 13.8 Å². The number of ether oxygens (including phenoxy) is 2. The topological polar surface area (TPSA) is 107 Å². The Morgan fingerprint density at radius 3 is 2.73 bits per heavy atom. The van der Waals surface area contributed by atoms with Crippen molar-refractivity contribution in [3.8, 4) is 17.0 Å². The lowest BCUT2D eigenvalue weighted by molar-refractivity contribution is -0.131. The monoisotopic (exact) mass is 507 g/mol. The lowest BCUT2D eigenvalue weighted by Crippen LogP contribution is -2.47. The Labute approximate surface area is 213 Å². The van der Waals surface area contributed by atoms with Crippen molar-refractivity contribution in [2.75, 3.05) is 25.6 Å². The molecule has 10 nitrogen and oxygen atoms in total. The summed E-state index contributed by atoms with van der Waals surface area (Å²) in [6.07, 6.45) is 8.78. The number of halogens is 1. The average Bonchev–Trinajstić information content (AvgIpc) is 3.42. The zero-order valence-corrected chi connectivity index (χ0v) is 21.1. The van der Waals surface area contributed by atoms with Gasteiger partial charge in [-0.2, -0.15) is 10.1 Å². The third kappa shape index (κ3) is 4.16. The van der Waals surface area contributed by atoms with E-state index in [0.717, 1.165) is 38.9 Å². The van der Waals surface area contributed by atoms with Gasteiger partial charge in [-0.1, -0.05) is 0 Å². The van der Waals surface area contributed by atoms with Crippen molar-refractivity contribution < 1.29 is 18.7 Å². The molecule has 1 spiro atoms. The van der Waals surface area contributed by atoms with E-state index in [-0.39, 0.29) is 23.9 Å². The number of carbonyl (C=O) groups excluding carboxylic acids is 1. The van der Waals surface area contributed by atoms with Gasteiger partial charge in [0.05, 0.1) is 49.4 Å². The van der Waals surface area contributed by atoms with E-state index in [9.17, 15) is 4.79 Å². The highest BCUT2D eigenvalue weighted by atomic mass is 19.1. The van der Waals surface area contributed by atoms with Crippen molar-refractivity contribution in [3.63, 3.8) is 0 Å². The summed E-state index contributed by atoms with van der Waals surface area (Å²) < 4.78 is 29.5. The minimum absolute atomic E-state index is 0.0235. The van der Waals surface area contributed by atoms with Crippen molar-refractivity contribution in [1.29, 1.82) is 0 Å². The molecule has 0 unspecified atom stereocenters. The van der Waals surface area contributed by atoms with Crippen LogP contribution in [0.15, 0.2) is 30.7 Å². The Morgan fingerprint density at radius 1 is 1.27 bits per heavy atom. The fraction of sp³-hybridized carbons (Fsp3) is 0.462. The molecule has 4 aromatic heterocycles. The van der Waals surface area contributed by atoms with Crippen molar-refractivity contribution in [1.82, 2.24) is 29.5 Å². The van der Waals surface area contributed by atoms with Gasteiger partial charge in [-0.05, 0) is 57.2 Å². The molecular weight excluding hydrogens is 477 g/mol. The Hall–Kier alpha value is -3.73. The van der Waals surface area contributed by atoms with Crippen LogP contribution in [0.5, 0.6) is 5.88 Å². The van der Waals surface area contributed by atoms with Crippen LogP contribution in [-0.4, -0.2) is 62.5 Å². The van der Waals surface area contributed by atoms with Crippen LogP contribution in [0.25, 0.3) is 22.2 Å². The number of nitrogens with one attached hydrogen (secondary N) is 2. The number of rotatable bonds is 6. The number of aromatic nitrogens is 5. The van der Waals surface area contributed by atoms with Crippen LogP contribution in [0, 0.1) is 11.2 Å². The molecular formula is C26H30FN7O3. The molecule has 1 aliphatic carbocycles. The standard InChI is InChI=1S/C26H30FN7O3/c1-15(2)29-23(35)18-11-28-33-9-6-16(10-20(18)33)21-19(27)12-34-22(21)24(36-3)31-25(32-34)30-17-4-7-26(8-5-17)13-37-14-26/h6,9-12,15,17H,4-5,7-8,13-14H2,1-3H3,(H,29,35)(H,30,32). The van der Waals surface area contributed by atoms with E-state index < -0.39 is 5.82 Å². The van der Waals surface area contributed by atoms with Gasteiger partial charge >= 0.3 is 0 Å². The Morgan fingerprint density at radius 2 is 2.05 bits per heavy atom. The molecule has 6 rings (SSSR count). The van der Waals surface area contributed by atoms with E-state index >= 15 is 4.39 Å². The quantitative estimate of drug-likeness (QED) is 0.410. The van der Waals surface area contributed by atoms with Crippen molar-refractivity contribution in [2.24, 2.45) is 5.41 Å². The van der Waals surface area contributed by atoms with Gasteiger partial charge in [-0.15, -0.1) is 5.10 Å². The first-order valence-corrected chi connectivity index (χ1v) is 12.6. The summed E-state index contributed by atoms with van der Waals surface area (Å²) in [5.74, 6) is -0.0383. The maximum absolute atomic E-state index is 15.4. The average molecular weight is 508 g/mol. The number of anilines is 1. The molecule has 0 radical (unpaired) electrons. The normalized spacial score (nSPS) is 17.4. The molecule has 2 N–H and O–H groups in total. The molecule has 37 heavy (non-hydrogen) atoms. The molecule has 1 saturated heterocycles. The highest BCUT2D eigenvalue weighted by molar-refractivity contribution is 6.01. The van der Waals surface area contributed by atoms with E-state index in [4.69, 9.17) is 9.47 Å². The number of hydrogen-bond donors (Lipinski definition) is 2. The van der Waals surface area contributed by atoms with E-state index in [2.05, 4.69) is 25.8 Å². The Kier molecular flexibility index (Phi) is 5.74.